The number of halogens is 1. The highest BCUT2D eigenvalue weighted by Gasteiger charge is 2.24. The smallest absolute Gasteiger partial charge is 0.127 e. The normalized spacial score (nSPS) is 24.4. The highest BCUT2D eigenvalue weighted by molar-refractivity contribution is 6.20. The van der Waals surface area contributed by atoms with Crippen LogP contribution in [0.5, 0.6) is 0 Å². The lowest BCUT2D eigenvalue weighted by atomic mass is 10.1. The zero-order valence-electron chi connectivity index (χ0n) is 12.6. The molecule has 1 aliphatic rings. The van der Waals surface area contributed by atoms with Gasteiger partial charge < -0.3 is 4.57 Å². The summed E-state index contributed by atoms with van der Waals surface area (Å²) in [5.41, 5.74) is 3.59. The van der Waals surface area contributed by atoms with E-state index in [2.05, 4.69) is 36.6 Å². The number of nitrogens with zero attached hydrogens (tertiary/aromatic N) is 2. The molecule has 3 heteroatoms. The van der Waals surface area contributed by atoms with Crippen molar-refractivity contribution >= 4 is 22.6 Å². The molecule has 3 rings (SSSR count). The molecular weight excluding hydrogens is 268 g/mol. The summed E-state index contributed by atoms with van der Waals surface area (Å²) in [6.45, 7) is 7.57. The number of fused-ring (bicyclic) bond motifs is 1. The average Bonchev–Trinajstić information content (AvgIpc) is 2.96. The van der Waals surface area contributed by atoms with Crippen molar-refractivity contribution in [2.75, 3.05) is 0 Å². The third kappa shape index (κ3) is 2.46. The van der Waals surface area contributed by atoms with Crippen LogP contribution in [0.4, 0.5) is 0 Å². The number of aryl methyl sites for hydroxylation is 1. The first-order chi connectivity index (χ1) is 9.56. The molecule has 0 amide bonds. The number of rotatable bonds is 3. The number of aromatic nitrogens is 2. The molecule has 0 saturated heterocycles. The Bertz CT molecular complexity index is 615. The average molecular weight is 291 g/mol. The van der Waals surface area contributed by atoms with Crippen LogP contribution in [0.1, 0.15) is 49.9 Å². The van der Waals surface area contributed by atoms with E-state index >= 15 is 0 Å². The maximum Gasteiger partial charge on any atom is 0.127 e. The largest absolute Gasteiger partial charge is 0.326 e. The molecule has 1 aromatic carbocycles. The van der Waals surface area contributed by atoms with Gasteiger partial charge in [0.25, 0.3) is 0 Å². The number of hydrogen-bond donors (Lipinski definition) is 0. The Balaban J connectivity index is 2.03. The van der Waals surface area contributed by atoms with Gasteiger partial charge in [-0.1, -0.05) is 25.5 Å². The van der Waals surface area contributed by atoms with E-state index in [1.165, 1.54) is 30.3 Å². The van der Waals surface area contributed by atoms with E-state index in [1.807, 2.05) is 6.92 Å². The zero-order chi connectivity index (χ0) is 14.3. The Hall–Kier alpha value is -1.02. The molecule has 1 heterocycles. The summed E-state index contributed by atoms with van der Waals surface area (Å²) in [4.78, 5) is 4.80. The maximum atomic E-state index is 6.36. The van der Waals surface area contributed by atoms with Crippen LogP contribution in [0.3, 0.4) is 0 Å². The lowest BCUT2D eigenvalue weighted by Gasteiger charge is -2.15. The minimum Gasteiger partial charge on any atom is -0.326 e. The van der Waals surface area contributed by atoms with Crippen molar-refractivity contribution < 1.29 is 0 Å². The van der Waals surface area contributed by atoms with Crippen molar-refractivity contribution in [3.05, 3.63) is 29.6 Å². The van der Waals surface area contributed by atoms with Crippen molar-refractivity contribution in [3.8, 4) is 0 Å². The summed E-state index contributed by atoms with van der Waals surface area (Å²) in [6, 6.07) is 6.42. The molecule has 0 bridgehead atoms. The maximum absolute atomic E-state index is 6.36. The number of benzene rings is 1. The van der Waals surface area contributed by atoms with Gasteiger partial charge in [0, 0.05) is 6.54 Å². The molecule has 3 atom stereocenters. The predicted molar refractivity (Wildman–Crippen MR) is 85.2 cm³/mol. The topological polar surface area (TPSA) is 17.8 Å². The van der Waals surface area contributed by atoms with Crippen LogP contribution in [0.2, 0.25) is 0 Å². The Morgan fingerprint density at radius 1 is 1.40 bits per heavy atom. The van der Waals surface area contributed by atoms with Gasteiger partial charge in [-0.25, -0.2) is 4.98 Å². The predicted octanol–water partition coefficient (Wildman–Crippen LogP) is 5.08. The fraction of sp³-hybridized carbons (Fsp3) is 0.588. The molecule has 3 unspecified atom stereocenters. The second-order valence-electron chi connectivity index (χ2n) is 6.42. The molecule has 0 radical (unpaired) electrons. The van der Waals surface area contributed by atoms with Crippen LogP contribution in [0.25, 0.3) is 11.0 Å². The highest BCUT2D eigenvalue weighted by Crippen LogP contribution is 2.34. The molecule has 1 aromatic heterocycles. The molecule has 1 aliphatic carbocycles. The van der Waals surface area contributed by atoms with Crippen molar-refractivity contribution in [2.45, 2.75) is 52.0 Å². The van der Waals surface area contributed by atoms with Crippen molar-refractivity contribution in [3.63, 3.8) is 0 Å². The van der Waals surface area contributed by atoms with E-state index in [4.69, 9.17) is 16.6 Å². The van der Waals surface area contributed by atoms with E-state index < -0.39 is 0 Å². The third-order valence-corrected chi connectivity index (χ3v) is 4.81. The highest BCUT2D eigenvalue weighted by atomic mass is 35.5. The third-order valence-electron chi connectivity index (χ3n) is 4.61. The van der Waals surface area contributed by atoms with E-state index in [-0.39, 0.29) is 5.38 Å². The quantitative estimate of drug-likeness (QED) is 0.721. The van der Waals surface area contributed by atoms with Gasteiger partial charge in [-0.05, 0) is 50.2 Å². The van der Waals surface area contributed by atoms with Gasteiger partial charge in [0.05, 0.1) is 16.4 Å². The molecule has 1 saturated carbocycles. The summed E-state index contributed by atoms with van der Waals surface area (Å²) in [5, 5.41) is -0.0411. The molecule has 0 N–H and O–H groups in total. The summed E-state index contributed by atoms with van der Waals surface area (Å²) in [6.07, 6.45) is 4.03. The SMILES string of the molecule is Cc1cccc2c1nc(C(C)Cl)n2CC1CCC(C)C1. The molecule has 20 heavy (non-hydrogen) atoms. The van der Waals surface area contributed by atoms with Gasteiger partial charge in [0.1, 0.15) is 5.82 Å². The van der Waals surface area contributed by atoms with Crippen molar-refractivity contribution in [1.29, 1.82) is 0 Å². The second kappa shape index (κ2) is 5.40. The van der Waals surface area contributed by atoms with Crippen molar-refractivity contribution in [2.24, 2.45) is 11.8 Å². The molecule has 2 aromatic rings. The standard InChI is InChI=1S/C17H23ClN2/c1-11-7-8-14(9-11)10-20-15-6-4-5-12(2)16(15)19-17(20)13(3)18/h4-6,11,13-14H,7-10H2,1-3H3. The molecule has 0 spiro atoms. The Kier molecular flexibility index (Phi) is 3.76. The van der Waals surface area contributed by atoms with E-state index in [1.54, 1.807) is 0 Å². The summed E-state index contributed by atoms with van der Waals surface area (Å²) in [7, 11) is 0. The van der Waals surface area contributed by atoms with Crippen molar-refractivity contribution in [1.82, 2.24) is 9.55 Å². The van der Waals surface area contributed by atoms with Crippen LogP contribution < -0.4 is 0 Å². The Labute approximate surface area is 126 Å². The fourth-order valence-corrected chi connectivity index (χ4v) is 3.72. The van der Waals surface area contributed by atoms with Gasteiger partial charge in [-0.2, -0.15) is 0 Å². The van der Waals surface area contributed by atoms with Crippen LogP contribution in [-0.4, -0.2) is 9.55 Å². The summed E-state index contributed by atoms with van der Waals surface area (Å²) >= 11 is 6.36. The molecule has 1 fully saturated rings. The molecular formula is C17H23ClN2. The van der Waals surface area contributed by atoms with E-state index in [0.717, 1.165) is 29.7 Å². The molecule has 108 valence electrons. The van der Waals surface area contributed by atoms with E-state index in [9.17, 15) is 0 Å². The van der Waals surface area contributed by atoms with Gasteiger partial charge in [-0.3, -0.25) is 0 Å². The zero-order valence-corrected chi connectivity index (χ0v) is 13.3. The minimum absolute atomic E-state index is 0.0411. The van der Waals surface area contributed by atoms with Gasteiger partial charge >= 0.3 is 0 Å². The number of imidazole rings is 1. The second-order valence-corrected chi connectivity index (χ2v) is 7.08. The molecule has 2 nitrogen and oxygen atoms in total. The lowest BCUT2D eigenvalue weighted by molar-refractivity contribution is 0.438. The van der Waals surface area contributed by atoms with Gasteiger partial charge in [0.2, 0.25) is 0 Å². The summed E-state index contributed by atoms with van der Waals surface area (Å²) in [5.74, 6) is 2.67. The first-order valence-electron chi connectivity index (χ1n) is 7.66. The minimum atomic E-state index is -0.0411. The van der Waals surface area contributed by atoms with Gasteiger partial charge in [-0.15, -0.1) is 11.6 Å². The lowest BCUT2D eigenvalue weighted by Crippen LogP contribution is -2.11. The summed E-state index contributed by atoms with van der Waals surface area (Å²) < 4.78 is 2.36. The first-order valence-corrected chi connectivity index (χ1v) is 8.09. The Morgan fingerprint density at radius 2 is 2.20 bits per heavy atom. The van der Waals surface area contributed by atoms with E-state index in [0.29, 0.717) is 0 Å². The van der Waals surface area contributed by atoms with Crippen LogP contribution >= 0.6 is 11.6 Å². The fourth-order valence-electron chi connectivity index (χ4n) is 3.55. The van der Waals surface area contributed by atoms with Crippen LogP contribution in [0, 0.1) is 18.8 Å². The molecule has 0 aliphatic heterocycles. The first kappa shape index (κ1) is 13.9. The number of para-hydroxylation sites is 1. The van der Waals surface area contributed by atoms with Crippen LogP contribution in [-0.2, 0) is 6.54 Å². The van der Waals surface area contributed by atoms with Gasteiger partial charge in [0.15, 0.2) is 0 Å². The number of alkyl halides is 1. The number of hydrogen-bond acceptors (Lipinski definition) is 1. The Morgan fingerprint density at radius 3 is 2.85 bits per heavy atom. The monoisotopic (exact) mass is 290 g/mol. The van der Waals surface area contributed by atoms with Crippen LogP contribution in [0.15, 0.2) is 18.2 Å².